The molecule has 0 unspecified atom stereocenters. The Labute approximate surface area is 67.1 Å². The van der Waals surface area contributed by atoms with Crippen molar-refractivity contribution < 1.29 is 24.0 Å². The second-order valence-electron chi connectivity index (χ2n) is 1.04. The molecular weight excluding hydrogens is 155 g/mol. The summed E-state index contributed by atoms with van der Waals surface area (Å²) >= 11 is 1.42. The van der Waals surface area contributed by atoms with Gasteiger partial charge in [-0.2, -0.15) is 0 Å². The summed E-state index contributed by atoms with van der Waals surface area (Å²) in [5.74, 6) is -1.67. The SMILES string of the molecule is CC(=O)O.CC(=O)O.[OH][Al]. The van der Waals surface area contributed by atoms with Crippen LogP contribution in [-0.2, 0) is 9.59 Å². The van der Waals surface area contributed by atoms with Crippen LogP contribution in [-0.4, -0.2) is 42.9 Å². The molecule has 0 bridgehead atoms. The summed E-state index contributed by atoms with van der Waals surface area (Å²) in [5.41, 5.74) is 0. The maximum atomic E-state index is 9.00. The summed E-state index contributed by atoms with van der Waals surface area (Å²) in [6.45, 7) is 2.17. The van der Waals surface area contributed by atoms with Gasteiger partial charge in [-0.1, -0.05) is 0 Å². The van der Waals surface area contributed by atoms with Crippen molar-refractivity contribution in [3.05, 3.63) is 0 Å². The Hall–Kier alpha value is -0.568. The lowest BCUT2D eigenvalue weighted by Crippen LogP contribution is -1.78. The predicted octanol–water partition coefficient (Wildman–Crippen LogP) is -0.756. The number of hydrogen-bond donors (Lipinski definition) is 3. The molecule has 0 saturated carbocycles. The molecule has 0 aliphatic rings. The topological polar surface area (TPSA) is 94.8 Å². The lowest BCUT2D eigenvalue weighted by molar-refractivity contribution is -0.135. The van der Waals surface area contributed by atoms with E-state index in [1.807, 2.05) is 0 Å². The fourth-order valence-corrected chi connectivity index (χ4v) is 0. The second kappa shape index (κ2) is 15.8. The normalized spacial score (nSPS) is 5.50. The lowest BCUT2D eigenvalue weighted by Gasteiger charge is -1.59. The van der Waals surface area contributed by atoms with E-state index in [0.717, 1.165) is 13.8 Å². The summed E-state index contributed by atoms with van der Waals surface area (Å²) in [6.07, 6.45) is 0. The smallest absolute Gasteiger partial charge is 0.363 e. The van der Waals surface area contributed by atoms with Crippen molar-refractivity contribution in [2.24, 2.45) is 0 Å². The number of rotatable bonds is 0. The highest BCUT2D eigenvalue weighted by Crippen LogP contribution is 1.42. The zero-order valence-corrected chi connectivity index (χ0v) is 6.89. The molecule has 6 heteroatoms. The first-order chi connectivity index (χ1) is 4.46. The third-order valence-corrected chi connectivity index (χ3v) is 0. The average molecular weight is 164 g/mol. The number of carbonyl (C=O) groups is 2. The highest BCUT2D eigenvalue weighted by molar-refractivity contribution is 5.95. The maximum absolute atomic E-state index is 9.00. The molecule has 0 rings (SSSR count). The maximum Gasteiger partial charge on any atom is 0.363 e. The average Bonchev–Trinajstić information content (AvgIpc) is 1.66. The van der Waals surface area contributed by atoms with Gasteiger partial charge in [0.2, 0.25) is 0 Å². The van der Waals surface area contributed by atoms with Gasteiger partial charge in [0.1, 0.15) is 0 Å². The minimum absolute atomic E-state index is 0.833. The van der Waals surface area contributed by atoms with Gasteiger partial charge in [-0.05, 0) is 0 Å². The van der Waals surface area contributed by atoms with Crippen molar-refractivity contribution in [1.82, 2.24) is 0 Å². The summed E-state index contributed by atoms with van der Waals surface area (Å²) in [4.78, 5) is 18.0. The first kappa shape index (κ1) is 16.2. The number of carboxylic acids is 2. The molecule has 2 radical (unpaired) electrons. The zero-order valence-electron chi connectivity index (χ0n) is 5.74. The molecule has 0 aromatic carbocycles. The highest BCUT2D eigenvalue weighted by atomic mass is 27.1. The van der Waals surface area contributed by atoms with E-state index < -0.39 is 11.9 Å². The zero-order chi connectivity index (χ0) is 9.15. The number of aliphatic carboxylic acids is 2. The monoisotopic (exact) mass is 164 g/mol. The van der Waals surface area contributed by atoms with Gasteiger partial charge in [0, 0.05) is 13.8 Å². The first-order valence-electron chi connectivity index (χ1n) is 2.11. The van der Waals surface area contributed by atoms with Crippen LogP contribution >= 0.6 is 0 Å². The van der Waals surface area contributed by atoms with E-state index in [1.54, 1.807) is 0 Å². The van der Waals surface area contributed by atoms with E-state index in [-0.39, 0.29) is 0 Å². The van der Waals surface area contributed by atoms with Crippen molar-refractivity contribution >= 4 is 28.6 Å². The van der Waals surface area contributed by atoms with Gasteiger partial charge in [-0.15, -0.1) is 0 Å². The molecule has 0 aliphatic heterocycles. The van der Waals surface area contributed by atoms with Crippen molar-refractivity contribution in [1.29, 1.82) is 0 Å². The van der Waals surface area contributed by atoms with Gasteiger partial charge in [0.15, 0.2) is 0 Å². The Morgan fingerprint density at radius 1 is 1.00 bits per heavy atom. The molecule has 0 amide bonds. The van der Waals surface area contributed by atoms with Gasteiger partial charge in [-0.25, -0.2) is 0 Å². The van der Waals surface area contributed by atoms with Gasteiger partial charge in [0.25, 0.3) is 11.9 Å². The third kappa shape index (κ3) is 955. The minimum atomic E-state index is -0.833. The quantitative estimate of drug-likeness (QED) is 0.409. The van der Waals surface area contributed by atoms with E-state index in [2.05, 4.69) is 0 Å². The standard InChI is InChI=1S/2C2H4O2.Al.H2O/c2*1-2(3)4;;/h2*1H3,(H,3,4);;1H2/q;;+1;/p-1. The van der Waals surface area contributed by atoms with E-state index in [9.17, 15) is 0 Å². The van der Waals surface area contributed by atoms with Gasteiger partial charge in [-0.3, -0.25) is 9.59 Å². The Morgan fingerprint density at radius 3 is 1.00 bits per heavy atom. The molecule has 5 nitrogen and oxygen atoms in total. The number of carboxylic acid groups (broad SMARTS) is 2. The lowest BCUT2D eigenvalue weighted by atomic mass is 10.9. The summed E-state index contributed by atoms with van der Waals surface area (Å²) < 4.78 is 6.92. The third-order valence-electron chi connectivity index (χ3n) is 0. The van der Waals surface area contributed by atoms with Gasteiger partial charge in [0.05, 0.1) is 0 Å². The molecule has 0 atom stereocenters. The van der Waals surface area contributed by atoms with Crippen molar-refractivity contribution in [2.45, 2.75) is 13.8 Å². The van der Waals surface area contributed by atoms with Crippen molar-refractivity contribution in [2.75, 3.05) is 0 Å². The molecule has 3 N–H and O–H groups in total. The van der Waals surface area contributed by atoms with Crippen LogP contribution in [0, 0.1) is 0 Å². The van der Waals surface area contributed by atoms with Crippen LogP contribution in [0.3, 0.4) is 0 Å². The largest absolute Gasteiger partial charge is 0.529 e. The van der Waals surface area contributed by atoms with Gasteiger partial charge < -0.3 is 14.4 Å². The van der Waals surface area contributed by atoms with Gasteiger partial charge >= 0.3 is 16.6 Å². The molecule has 0 heterocycles. The van der Waals surface area contributed by atoms with Crippen LogP contribution in [0.1, 0.15) is 13.8 Å². The van der Waals surface area contributed by atoms with Crippen LogP contribution in [0.2, 0.25) is 0 Å². The van der Waals surface area contributed by atoms with Crippen LogP contribution in [0.5, 0.6) is 0 Å². The molecule has 0 spiro atoms. The molecule has 10 heavy (non-hydrogen) atoms. The van der Waals surface area contributed by atoms with Crippen LogP contribution in [0.25, 0.3) is 0 Å². The minimum Gasteiger partial charge on any atom is -0.529 e. The molecule has 58 valence electrons. The Kier molecular flexibility index (Phi) is 25.6. The number of hydrogen-bond acceptors (Lipinski definition) is 3. The van der Waals surface area contributed by atoms with E-state index in [0.29, 0.717) is 0 Å². The van der Waals surface area contributed by atoms with E-state index >= 15 is 0 Å². The Balaban J connectivity index is -0.0000000787. The van der Waals surface area contributed by atoms with Crippen LogP contribution in [0.15, 0.2) is 0 Å². The second-order valence-corrected chi connectivity index (χ2v) is 1.04. The molecule has 0 aromatic rings. The van der Waals surface area contributed by atoms with Crippen molar-refractivity contribution in [3.8, 4) is 0 Å². The van der Waals surface area contributed by atoms with E-state index in [4.69, 9.17) is 24.0 Å². The fourth-order valence-electron chi connectivity index (χ4n) is 0. The highest BCUT2D eigenvalue weighted by Gasteiger charge is 1.65. The molecule has 0 saturated heterocycles. The molecule has 0 aliphatic carbocycles. The molecular formula is C4H9AlO5. The first-order valence-corrected chi connectivity index (χ1v) is 2.63. The Morgan fingerprint density at radius 2 is 1.00 bits per heavy atom. The van der Waals surface area contributed by atoms with Crippen molar-refractivity contribution in [3.63, 3.8) is 0 Å². The van der Waals surface area contributed by atoms with Crippen LogP contribution in [0.4, 0.5) is 0 Å². The summed E-state index contributed by atoms with van der Waals surface area (Å²) in [5, 5.41) is 14.8. The van der Waals surface area contributed by atoms with E-state index in [1.165, 1.54) is 16.6 Å². The Bertz CT molecular complexity index is 71.6. The molecule has 0 aromatic heterocycles. The van der Waals surface area contributed by atoms with Crippen LogP contribution < -0.4 is 0 Å². The fraction of sp³-hybridized carbons (Fsp3) is 0.500. The molecule has 0 fully saturated rings. The summed E-state index contributed by atoms with van der Waals surface area (Å²) in [7, 11) is 0. The summed E-state index contributed by atoms with van der Waals surface area (Å²) in [6, 6.07) is 0. The predicted molar refractivity (Wildman–Crippen MR) is 34.6 cm³/mol.